The van der Waals surface area contributed by atoms with Crippen LogP contribution in [0.5, 0.6) is 11.5 Å². The van der Waals surface area contributed by atoms with Crippen molar-refractivity contribution in [1.82, 2.24) is 10.6 Å². The highest BCUT2D eigenvalue weighted by atomic mass is 16.7. The maximum atomic E-state index is 12.4. The second kappa shape index (κ2) is 12.3. The highest BCUT2D eigenvalue weighted by molar-refractivity contribution is 5.89. The Morgan fingerprint density at radius 2 is 1.92 bits per heavy atom. The van der Waals surface area contributed by atoms with E-state index in [0.717, 1.165) is 40.2 Å². The summed E-state index contributed by atoms with van der Waals surface area (Å²) >= 11 is 0. The lowest BCUT2D eigenvalue weighted by Gasteiger charge is -2.33. The Balaban J connectivity index is 1.25. The normalized spacial score (nSPS) is 15.5. The Kier molecular flexibility index (Phi) is 8.89. The molecule has 0 saturated heterocycles. The molecule has 8 heteroatoms. The molecule has 2 atom stereocenters. The Morgan fingerprint density at radius 1 is 1.11 bits per heavy atom. The smallest absolute Gasteiger partial charge is 0.319 e. The molecule has 1 aliphatic heterocycles. The van der Waals surface area contributed by atoms with Gasteiger partial charge in [0.25, 0.3) is 0 Å². The van der Waals surface area contributed by atoms with Gasteiger partial charge in [-0.05, 0) is 54.8 Å². The fraction of sp³-hybridized carbons (Fsp3) is 0.367. The van der Waals surface area contributed by atoms with Crippen LogP contribution in [-0.4, -0.2) is 36.6 Å². The summed E-state index contributed by atoms with van der Waals surface area (Å²) in [7, 11) is 1.61. The minimum absolute atomic E-state index is 0.115. The topological polar surface area (TPSA) is 101 Å². The van der Waals surface area contributed by atoms with Crippen LogP contribution in [0.4, 0.5) is 10.5 Å². The molecule has 202 valence electrons. The van der Waals surface area contributed by atoms with E-state index >= 15 is 0 Å². The van der Waals surface area contributed by atoms with Crippen molar-refractivity contribution in [2.24, 2.45) is 0 Å². The zero-order valence-electron chi connectivity index (χ0n) is 22.4. The van der Waals surface area contributed by atoms with Gasteiger partial charge in [0.15, 0.2) is 0 Å². The molecule has 3 aromatic rings. The molecule has 2 amide bonds. The SMILES string of the molecule is COc1ccccc1CNC(=O)Nc1cccc(CC(C)NCC(O)c2ccc3c(c2)COC(C)(C)O3)c1. The monoisotopic (exact) mass is 519 g/mol. The Bertz CT molecular complexity index is 1250. The number of para-hydroxylation sites is 1. The number of amides is 2. The maximum absolute atomic E-state index is 12.4. The van der Waals surface area contributed by atoms with E-state index in [1.807, 2.05) is 80.6 Å². The van der Waals surface area contributed by atoms with Crippen LogP contribution in [0.3, 0.4) is 0 Å². The van der Waals surface area contributed by atoms with Crippen molar-refractivity contribution >= 4 is 11.7 Å². The van der Waals surface area contributed by atoms with E-state index in [2.05, 4.69) is 22.9 Å². The largest absolute Gasteiger partial charge is 0.496 e. The van der Waals surface area contributed by atoms with Crippen LogP contribution in [0.25, 0.3) is 0 Å². The molecule has 0 bridgehead atoms. The number of aliphatic hydroxyl groups excluding tert-OH is 1. The molecule has 0 radical (unpaired) electrons. The van der Waals surface area contributed by atoms with E-state index in [1.165, 1.54) is 0 Å². The molecule has 1 aliphatic rings. The summed E-state index contributed by atoms with van der Waals surface area (Å²) in [6, 6.07) is 20.9. The molecular weight excluding hydrogens is 482 g/mol. The van der Waals surface area contributed by atoms with Crippen molar-refractivity contribution in [2.75, 3.05) is 19.0 Å². The zero-order chi connectivity index (χ0) is 27.1. The van der Waals surface area contributed by atoms with Gasteiger partial charge >= 0.3 is 6.03 Å². The van der Waals surface area contributed by atoms with Crippen LogP contribution in [0, 0.1) is 0 Å². The van der Waals surface area contributed by atoms with Crippen molar-refractivity contribution in [1.29, 1.82) is 0 Å². The van der Waals surface area contributed by atoms with Gasteiger partial charge in [-0.15, -0.1) is 0 Å². The van der Waals surface area contributed by atoms with E-state index in [4.69, 9.17) is 14.2 Å². The summed E-state index contributed by atoms with van der Waals surface area (Å²) in [5.41, 5.74) is 4.45. The number of carbonyl (C=O) groups excluding carboxylic acids is 1. The Hall–Kier alpha value is -3.59. The average Bonchev–Trinajstić information content (AvgIpc) is 2.90. The highest BCUT2D eigenvalue weighted by Crippen LogP contribution is 2.32. The number of anilines is 1. The van der Waals surface area contributed by atoms with Crippen molar-refractivity contribution < 1.29 is 24.1 Å². The second-order valence-electron chi connectivity index (χ2n) is 10.0. The van der Waals surface area contributed by atoms with Gasteiger partial charge in [0.05, 0.1) is 19.8 Å². The van der Waals surface area contributed by atoms with E-state index in [-0.39, 0.29) is 12.1 Å². The van der Waals surface area contributed by atoms with Crippen LogP contribution < -0.4 is 25.4 Å². The van der Waals surface area contributed by atoms with Crippen molar-refractivity contribution in [3.63, 3.8) is 0 Å². The Morgan fingerprint density at radius 3 is 2.74 bits per heavy atom. The molecule has 8 nitrogen and oxygen atoms in total. The predicted octanol–water partition coefficient (Wildman–Crippen LogP) is 4.92. The first-order chi connectivity index (χ1) is 18.2. The molecule has 0 spiro atoms. The molecular formula is C30H37N3O5. The molecule has 2 unspecified atom stereocenters. The summed E-state index contributed by atoms with van der Waals surface area (Å²) in [4.78, 5) is 12.4. The first kappa shape index (κ1) is 27.4. The quantitative estimate of drug-likeness (QED) is 0.304. The molecule has 0 aliphatic carbocycles. The minimum atomic E-state index is -0.655. The van der Waals surface area contributed by atoms with Gasteiger partial charge in [0.2, 0.25) is 5.79 Å². The van der Waals surface area contributed by atoms with Gasteiger partial charge in [0, 0.05) is 49.8 Å². The molecule has 4 rings (SSSR count). The van der Waals surface area contributed by atoms with Gasteiger partial charge in [-0.25, -0.2) is 4.79 Å². The van der Waals surface area contributed by atoms with Crippen LogP contribution in [-0.2, 0) is 24.3 Å². The van der Waals surface area contributed by atoms with E-state index < -0.39 is 11.9 Å². The van der Waals surface area contributed by atoms with Crippen LogP contribution in [0.15, 0.2) is 66.7 Å². The number of urea groups is 1. The number of aliphatic hydroxyl groups is 1. The van der Waals surface area contributed by atoms with E-state index in [1.54, 1.807) is 7.11 Å². The lowest BCUT2D eigenvalue weighted by atomic mass is 10.0. The number of rotatable bonds is 10. The summed E-state index contributed by atoms with van der Waals surface area (Å²) in [6.07, 6.45) is 0.0871. The maximum Gasteiger partial charge on any atom is 0.319 e. The van der Waals surface area contributed by atoms with Gasteiger partial charge in [-0.1, -0.05) is 36.4 Å². The average molecular weight is 520 g/mol. The Labute approximate surface area is 224 Å². The number of nitrogens with one attached hydrogen (secondary N) is 3. The lowest BCUT2D eigenvalue weighted by molar-refractivity contribution is -0.180. The van der Waals surface area contributed by atoms with E-state index in [9.17, 15) is 9.90 Å². The highest BCUT2D eigenvalue weighted by Gasteiger charge is 2.27. The summed E-state index contributed by atoms with van der Waals surface area (Å²) in [5, 5.41) is 19.9. The first-order valence-corrected chi connectivity index (χ1v) is 12.9. The van der Waals surface area contributed by atoms with E-state index in [0.29, 0.717) is 25.4 Å². The van der Waals surface area contributed by atoms with Crippen LogP contribution in [0.1, 0.15) is 49.1 Å². The summed E-state index contributed by atoms with van der Waals surface area (Å²) in [6.45, 7) is 7.07. The minimum Gasteiger partial charge on any atom is -0.496 e. The third-order valence-corrected chi connectivity index (χ3v) is 6.42. The zero-order valence-corrected chi connectivity index (χ0v) is 22.4. The number of hydrogen-bond acceptors (Lipinski definition) is 6. The molecule has 1 heterocycles. The van der Waals surface area contributed by atoms with Gasteiger partial charge < -0.3 is 35.3 Å². The van der Waals surface area contributed by atoms with Crippen LogP contribution >= 0.6 is 0 Å². The number of hydrogen-bond donors (Lipinski definition) is 4. The second-order valence-corrected chi connectivity index (χ2v) is 10.0. The molecule has 0 saturated carbocycles. The van der Waals surface area contributed by atoms with Gasteiger partial charge in [-0.3, -0.25) is 0 Å². The third-order valence-electron chi connectivity index (χ3n) is 6.42. The van der Waals surface area contributed by atoms with Crippen LogP contribution in [0.2, 0.25) is 0 Å². The molecule has 38 heavy (non-hydrogen) atoms. The number of carbonyl (C=O) groups is 1. The summed E-state index contributed by atoms with van der Waals surface area (Å²) in [5.74, 6) is 0.887. The molecule has 4 N–H and O–H groups in total. The van der Waals surface area contributed by atoms with Gasteiger partial charge in [0.1, 0.15) is 11.5 Å². The number of methoxy groups -OCH3 is 1. The lowest BCUT2D eigenvalue weighted by Crippen LogP contribution is -2.35. The van der Waals surface area contributed by atoms with Crippen molar-refractivity contribution in [3.8, 4) is 11.5 Å². The number of fused-ring (bicyclic) bond motifs is 1. The predicted molar refractivity (Wildman–Crippen MR) is 147 cm³/mol. The molecule has 0 fully saturated rings. The van der Waals surface area contributed by atoms with Crippen molar-refractivity contribution in [2.45, 2.75) is 58.3 Å². The fourth-order valence-corrected chi connectivity index (χ4v) is 4.40. The third kappa shape index (κ3) is 7.47. The standard InChI is InChI=1S/C30H37N3O5/c1-20(31-18-26(34)22-12-13-28-24(16-22)19-37-30(2,3)38-28)14-21-8-7-10-25(15-21)33-29(35)32-17-23-9-5-6-11-27(23)36-4/h5-13,15-16,20,26,31,34H,14,17-19H2,1-4H3,(H2,32,33,35). The number of benzene rings is 3. The first-order valence-electron chi connectivity index (χ1n) is 12.9. The summed E-state index contributed by atoms with van der Waals surface area (Å²) < 4.78 is 16.9. The molecule has 3 aromatic carbocycles. The number of ether oxygens (including phenoxy) is 3. The van der Waals surface area contributed by atoms with Crippen molar-refractivity contribution in [3.05, 3.63) is 89.0 Å². The van der Waals surface area contributed by atoms with Gasteiger partial charge in [-0.2, -0.15) is 0 Å². The fourth-order valence-electron chi connectivity index (χ4n) is 4.40. The molecule has 0 aromatic heterocycles.